The first kappa shape index (κ1) is 14.2. The molecule has 0 bridgehead atoms. The summed E-state index contributed by atoms with van der Waals surface area (Å²) in [7, 11) is 0. The van der Waals surface area contributed by atoms with E-state index in [1.54, 1.807) is 11.3 Å². The van der Waals surface area contributed by atoms with Gasteiger partial charge in [0.15, 0.2) is 0 Å². The number of nitrogens with one attached hydrogen (secondary N) is 2. The van der Waals surface area contributed by atoms with E-state index in [0.717, 1.165) is 36.5 Å². The van der Waals surface area contributed by atoms with Crippen LogP contribution in [-0.4, -0.2) is 17.4 Å². The molecule has 0 radical (unpaired) electrons. The van der Waals surface area contributed by atoms with Crippen LogP contribution in [0, 0.1) is 0 Å². The summed E-state index contributed by atoms with van der Waals surface area (Å²) in [4.78, 5) is 18.0. The Labute approximate surface area is 128 Å². The Morgan fingerprint density at radius 1 is 1.48 bits per heavy atom. The van der Waals surface area contributed by atoms with Gasteiger partial charge in [-0.1, -0.05) is 19.1 Å². The number of fused-ring (bicyclic) bond motifs is 1. The average molecular weight is 301 g/mol. The Kier molecular flexibility index (Phi) is 4.31. The Balaban J connectivity index is 1.71. The summed E-state index contributed by atoms with van der Waals surface area (Å²) >= 11 is 1.66. The number of hydrogen-bond donors (Lipinski definition) is 2. The quantitative estimate of drug-likeness (QED) is 0.911. The molecule has 0 unspecified atom stereocenters. The van der Waals surface area contributed by atoms with Gasteiger partial charge in [-0.3, -0.25) is 4.79 Å². The van der Waals surface area contributed by atoms with Crippen molar-refractivity contribution in [1.82, 2.24) is 15.6 Å². The smallest absolute Gasteiger partial charge is 0.251 e. The predicted octanol–water partition coefficient (Wildman–Crippen LogP) is 2.28. The number of benzene rings is 1. The standard InChI is InChI=1S/C16H19N3OS/c1-2-12-9-18-15(21-12)10-19-16(20)14-5-3-4-11-8-17-7-6-13(11)14/h3-5,9,17H,2,6-8,10H2,1H3,(H,19,20). The van der Waals surface area contributed by atoms with Crippen molar-refractivity contribution < 1.29 is 4.79 Å². The summed E-state index contributed by atoms with van der Waals surface area (Å²) in [5, 5.41) is 7.29. The molecule has 1 aromatic carbocycles. The molecule has 2 N–H and O–H groups in total. The summed E-state index contributed by atoms with van der Waals surface area (Å²) < 4.78 is 0. The number of hydrogen-bond acceptors (Lipinski definition) is 4. The minimum absolute atomic E-state index is 0.00185. The molecule has 1 amide bonds. The van der Waals surface area contributed by atoms with Gasteiger partial charge in [0, 0.05) is 23.2 Å². The zero-order valence-corrected chi connectivity index (χ0v) is 12.9. The molecule has 0 saturated heterocycles. The lowest BCUT2D eigenvalue weighted by Crippen LogP contribution is -2.29. The van der Waals surface area contributed by atoms with Crippen LogP contribution >= 0.6 is 11.3 Å². The van der Waals surface area contributed by atoms with Crippen molar-refractivity contribution in [2.45, 2.75) is 32.9 Å². The van der Waals surface area contributed by atoms with Crippen LogP contribution in [0.1, 0.15) is 38.3 Å². The molecule has 0 spiro atoms. The molecule has 3 rings (SSSR count). The summed E-state index contributed by atoms with van der Waals surface area (Å²) in [6, 6.07) is 5.96. The molecule has 1 aromatic heterocycles. The van der Waals surface area contributed by atoms with E-state index < -0.39 is 0 Å². The molecule has 110 valence electrons. The van der Waals surface area contributed by atoms with Gasteiger partial charge in [-0.25, -0.2) is 4.98 Å². The molecular formula is C16H19N3OS. The Bertz CT molecular complexity index is 651. The second-order valence-corrected chi connectivity index (χ2v) is 6.33. The van der Waals surface area contributed by atoms with Crippen molar-refractivity contribution in [2.24, 2.45) is 0 Å². The van der Waals surface area contributed by atoms with E-state index in [0.29, 0.717) is 6.54 Å². The normalized spacial score (nSPS) is 13.8. The number of thiazole rings is 1. The number of aromatic nitrogens is 1. The van der Waals surface area contributed by atoms with Crippen molar-refractivity contribution in [3.63, 3.8) is 0 Å². The fourth-order valence-electron chi connectivity index (χ4n) is 2.59. The van der Waals surface area contributed by atoms with Crippen LogP contribution in [0.4, 0.5) is 0 Å². The lowest BCUT2D eigenvalue weighted by molar-refractivity contribution is 0.0949. The number of nitrogens with zero attached hydrogens (tertiary/aromatic N) is 1. The number of carbonyl (C=O) groups excluding carboxylic acids is 1. The van der Waals surface area contributed by atoms with E-state index in [1.807, 2.05) is 18.3 Å². The second kappa shape index (κ2) is 6.37. The number of rotatable bonds is 4. The highest BCUT2D eigenvalue weighted by molar-refractivity contribution is 7.11. The Morgan fingerprint density at radius 3 is 3.19 bits per heavy atom. The number of carbonyl (C=O) groups is 1. The molecule has 1 aliphatic rings. The largest absolute Gasteiger partial charge is 0.346 e. The Morgan fingerprint density at radius 2 is 2.38 bits per heavy atom. The molecule has 0 saturated carbocycles. The third-order valence-electron chi connectivity index (χ3n) is 3.73. The molecule has 4 nitrogen and oxygen atoms in total. The van der Waals surface area contributed by atoms with Crippen molar-refractivity contribution in [3.8, 4) is 0 Å². The maximum Gasteiger partial charge on any atom is 0.251 e. The zero-order valence-electron chi connectivity index (χ0n) is 12.1. The van der Waals surface area contributed by atoms with E-state index in [-0.39, 0.29) is 5.91 Å². The average Bonchev–Trinajstić information content (AvgIpc) is 3.00. The first-order valence-corrected chi connectivity index (χ1v) is 8.13. The van der Waals surface area contributed by atoms with Gasteiger partial charge in [0.25, 0.3) is 5.91 Å². The summed E-state index contributed by atoms with van der Waals surface area (Å²) in [6.45, 7) is 4.40. The van der Waals surface area contributed by atoms with Gasteiger partial charge in [-0.15, -0.1) is 11.3 Å². The fourth-order valence-corrected chi connectivity index (χ4v) is 3.39. The minimum Gasteiger partial charge on any atom is -0.346 e. The molecule has 21 heavy (non-hydrogen) atoms. The van der Waals surface area contributed by atoms with Gasteiger partial charge in [0.05, 0.1) is 6.54 Å². The van der Waals surface area contributed by atoms with Crippen molar-refractivity contribution >= 4 is 17.2 Å². The highest BCUT2D eigenvalue weighted by Crippen LogP contribution is 2.19. The van der Waals surface area contributed by atoms with E-state index in [9.17, 15) is 4.79 Å². The minimum atomic E-state index is 0.00185. The summed E-state index contributed by atoms with van der Waals surface area (Å²) in [6.07, 6.45) is 3.79. The first-order valence-electron chi connectivity index (χ1n) is 7.31. The van der Waals surface area contributed by atoms with Crippen molar-refractivity contribution in [2.75, 3.05) is 6.54 Å². The highest BCUT2D eigenvalue weighted by Gasteiger charge is 2.17. The second-order valence-electron chi connectivity index (χ2n) is 5.13. The molecule has 2 aromatic rings. The SMILES string of the molecule is CCc1cnc(CNC(=O)c2cccc3c2CCNC3)s1. The monoisotopic (exact) mass is 301 g/mol. The van der Waals surface area contributed by atoms with Gasteiger partial charge >= 0.3 is 0 Å². The number of aryl methyl sites for hydroxylation is 1. The van der Waals surface area contributed by atoms with Crippen LogP contribution in [0.15, 0.2) is 24.4 Å². The fraction of sp³-hybridized carbons (Fsp3) is 0.375. The third-order valence-corrected chi connectivity index (χ3v) is 4.88. The van der Waals surface area contributed by atoms with Gasteiger partial charge < -0.3 is 10.6 Å². The summed E-state index contributed by atoms with van der Waals surface area (Å²) in [5.41, 5.74) is 3.22. The first-order chi connectivity index (χ1) is 10.3. The molecule has 0 atom stereocenters. The van der Waals surface area contributed by atoms with Crippen LogP contribution in [0.25, 0.3) is 0 Å². The summed E-state index contributed by atoms with van der Waals surface area (Å²) in [5.74, 6) is 0.00185. The number of amides is 1. The van der Waals surface area contributed by atoms with Crippen LogP contribution in [0.5, 0.6) is 0 Å². The van der Waals surface area contributed by atoms with Gasteiger partial charge in [0.2, 0.25) is 0 Å². The molecule has 5 heteroatoms. The van der Waals surface area contributed by atoms with Crippen molar-refractivity contribution in [3.05, 3.63) is 51.0 Å². The predicted molar refractivity (Wildman–Crippen MR) is 84.5 cm³/mol. The van der Waals surface area contributed by atoms with Gasteiger partial charge in [-0.05, 0) is 36.6 Å². The molecule has 1 aliphatic heterocycles. The topological polar surface area (TPSA) is 54.0 Å². The van der Waals surface area contributed by atoms with E-state index >= 15 is 0 Å². The van der Waals surface area contributed by atoms with Crippen LogP contribution in [0.2, 0.25) is 0 Å². The maximum atomic E-state index is 12.4. The van der Waals surface area contributed by atoms with Crippen molar-refractivity contribution in [1.29, 1.82) is 0 Å². The molecule has 2 heterocycles. The highest BCUT2D eigenvalue weighted by atomic mass is 32.1. The van der Waals surface area contributed by atoms with E-state index in [4.69, 9.17) is 0 Å². The molecular weight excluding hydrogens is 282 g/mol. The van der Waals surface area contributed by atoms with Gasteiger partial charge in [0.1, 0.15) is 5.01 Å². The molecule has 0 fully saturated rings. The lowest BCUT2D eigenvalue weighted by Gasteiger charge is -2.19. The van der Waals surface area contributed by atoms with E-state index in [1.165, 1.54) is 16.0 Å². The maximum absolute atomic E-state index is 12.4. The third kappa shape index (κ3) is 3.14. The van der Waals surface area contributed by atoms with Crippen LogP contribution < -0.4 is 10.6 Å². The van der Waals surface area contributed by atoms with Gasteiger partial charge in [-0.2, -0.15) is 0 Å². The Hall–Kier alpha value is -1.72. The van der Waals surface area contributed by atoms with Crippen LogP contribution in [0.3, 0.4) is 0 Å². The van der Waals surface area contributed by atoms with E-state index in [2.05, 4.69) is 28.6 Å². The zero-order chi connectivity index (χ0) is 14.7. The van der Waals surface area contributed by atoms with Crippen LogP contribution in [-0.2, 0) is 25.9 Å². The molecule has 0 aliphatic carbocycles. The lowest BCUT2D eigenvalue weighted by atomic mass is 9.95.